The number of carbonyl (C=O) groups excluding carboxylic acids is 2. The van der Waals surface area contributed by atoms with E-state index in [9.17, 15) is 19.7 Å². The summed E-state index contributed by atoms with van der Waals surface area (Å²) in [6, 6.07) is 12.7. The summed E-state index contributed by atoms with van der Waals surface area (Å²) in [5, 5.41) is 13.9. The van der Waals surface area contributed by atoms with Crippen LogP contribution in [0.3, 0.4) is 0 Å². The minimum atomic E-state index is -0.999. The van der Waals surface area contributed by atoms with Crippen molar-refractivity contribution in [3.05, 3.63) is 64.2 Å². The number of para-hydroxylation sites is 3. The van der Waals surface area contributed by atoms with Crippen LogP contribution in [0, 0.1) is 10.1 Å². The molecule has 2 aromatic carbocycles. The van der Waals surface area contributed by atoms with Crippen LogP contribution < -0.4 is 15.0 Å². The van der Waals surface area contributed by atoms with Crippen molar-refractivity contribution >= 4 is 23.2 Å². The molecular formula is C21H25N4O5+. The van der Waals surface area contributed by atoms with Crippen LogP contribution in [0.15, 0.2) is 48.5 Å². The fourth-order valence-corrected chi connectivity index (χ4v) is 3.23. The molecule has 1 atom stereocenters. The van der Waals surface area contributed by atoms with E-state index in [0.717, 1.165) is 13.1 Å². The molecule has 0 aliphatic carbocycles. The molecule has 2 N–H and O–H groups in total. The number of ether oxygens (including phenoxy) is 1. The molecule has 0 saturated carbocycles. The molecule has 9 nitrogen and oxygen atoms in total. The predicted octanol–water partition coefficient (Wildman–Crippen LogP) is 0.971. The third kappa shape index (κ3) is 4.93. The Hall–Kier alpha value is -3.46. The van der Waals surface area contributed by atoms with E-state index in [0.29, 0.717) is 24.3 Å². The number of likely N-dealkylation sites (N-methyl/N-ethyl adjacent to an activating group) is 1. The van der Waals surface area contributed by atoms with E-state index in [2.05, 4.69) is 12.4 Å². The van der Waals surface area contributed by atoms with E-state index in [1.165, 1.54) is 30.0 Å². The van der Waals surface area contributed by atoms with Gasteiger partial charge in [-0.1, -0.05) is 24.3 Å². The number of nitro benzene ring substituents is 1. The second-order valence-corrected chi connectivity index (χ2v) is 7.27. The average molecular weight is 413 g/mol. The van der Waals surface area contributed by atoms with Gasteiger partial charge in [0.25, 0.3) is 11.8 Å². The first-order chi connectivity index (χ1) is 14.4. The Morgan fingerprint density at radius 1 is 1.13 bits per heavy atom. The van der Waals surface area contributed by atoms with Gasteiger partial charge in [-0.3, -0.25) is 19.7 Å². The number of anilines is 1. The van der Waals surface area contributed by atoms with Crippen molar-refractivity contribution in [1.82, 2.24) is 4.90 Å². The lowest BCUT2D eigenvalue weighted by Gasteiger charge is -2.30. The molecule has 0 radical (unpaired) electrons. The number of piperazine rings is 1. The third-order valence-electron chi connectivity index (χ3n) is 5.05. The number of nitrogens with zero attached hydrogens (tertiary/aromatic N) is 2. The Labute approximate surface area is 174 Å². The Balaban J connectivity index is 1.71. The SMILES string of the molecule is C[C@@H](Oc1ccccc1[N+](=O)[O-])C(=O)Nc1ccccc1C(=O)N1CC[NH+](C)CC1. The number of rotatable bonds is 6. The Morgan fingerprint density at radius 3 is 2.47 bits per heavy atom. The molecule has 1 heterocycles. The highest BCUT2D eigenvalue weighted by molar-refractivity contribution is 6.04. The highest BCUT2D eigenvalue weighted by Crippen LogP contribution is 2.27. The van der Waals surface area contributed by atoms with Crippen LogP contribution in [0.5, 0.6) is 5.75 Å². The number of hydrogen-bond donors (Lipinski definition) is 2. The summed E-state index contributed by atoms with van der Waals surface area (Å²) >= 11 is 0. The van der Waals surface area contributed by atoms with Crippen LogP contribution in [-0.2, 0) is 4.79 Å². The Bertz CT molecular complexity index is 940. The summed E-state index contributed by atoms with van der Waals surface area (Å²) in [5.74, 6) is -0.628. The first-order valence-electron chi connectivity index (χ1n) is 9.77. The first-order valence-corrected chi connectivity index (χ1v) is 9.77. The molecule has 3 rings (SSSR count). The zero-order valence-electron chi connectivity index (χ0n) is 17.0. The molecule has 158 valence electrons. The van der Waals surface area contributed by atoms with Crippen molar-refractivity contribution < 1.29 is 24.1 Å². The number of benzene rings is 2. The van der Waals surface area contributed by atoms with Gasteiger partial charge in [-0.2, -0.15) is 0 Å². The van der Waals surface area contributed by atoms with Crippen molar-refractivity contribution in [3.8, 4) is 5.75 Å². The van der Waals surface area contributed by atoms with Gasteiger partial charge in [-0.05, 0) is 25.1 Å². The van der Waals surface area contributed by atoms with Gasteiger partial charge in [0.2, 0.25) is 0 Å². The molecular weight excluding hydrogens is 388 g/mol. The molecule has 0 bridgehead atoms. The maximum Gasteiger partial charge on any atom is 0.310 e. The summed E-state index contributed by atoms with van der Waals surface area (Å²) in [7, 11) is 2.09. The van der Waals surface area contributed by atoms with Crippen molar-refractivity contribution in [2.24, 2.45) is 0 Å². The normalized spacial score (nSPS) is 15.3. The topological polar surface area (TPSA) is 106 Å². The van der Waals surface area contributed by atoms with E-state index in [4.69, 9.17) is 4.74 Å². The Morgan fingerprint density at radius 2 is 1.77 bits per heavy atom. The minimum absolute atomic E-state index is 0.00875. The van der Waals surface area contributed by atoms with Crippen LogP contribution >= 0.6 is 0 Å². The fourth-order valence-electron chi connectivity index (χ4n) is 3.23. The zero-order chi connectivity index (χ0) is 21.7. The fraction of sp³-hybridized carbons (Fsp3) is 0.333. The van der Waals surface area contributed by atoms with Gasteiger partial charge >= 0.3 is 5.69 Å². The number of quaternary nitrogens is 1. The molecule has 9 heteroatoms. The smallest absolute Gasteiger partial charge is 0.310 e. The average Bonchev–Trinajstić information content (AvgIpc) is 2.74. The van der Waals surface area contributed by atoms with Gasteiger partial charge in [-0.15, -0.1) is 0 Å². The molecule has 2 aromatic rings. The third-order valence-corrected chi connectivity index (χ3v) is 5.05. The molecule has 0 aromatic heterocycles. The maximum absolute atomic E-state index is 12.9. The van der Waals surface area contributed by atoms with E-state index < -0.39 is 16.9 Å². The molecule has 30 heavy (non-hydrogen) atoms. The van der Waals surface area contributed by atoms with Crippen LogP contribution in [0.4, 0.5) is 11.4 Å². The van der Waals surface area contributed by atoms with E-state index in [1.807, 2.05) is 0 Å². The lowest BCUT2D eigenvalue weighted by atomic mass is 10.1. The van der Waals surface area contributed by atoms with Crippen LogP contribution in [0.1, 0.15) is 17.3 Å². The number of hydrogen-bond acceptors (Lipinski definition) is 5. The molecule has 0 unspecified atom stereocenters. The standard InChI is InChI=1S/C21H24N4O5/c1-15(30-19-10-6-5-9-18(19)25(28)29)20(26)22-17-8-4-3-7-16(17)21(27)24-13-11-23(2)12-14-24/h3-10,15H,11-14H2,1-2H3,(H,22,26)/p+1/t15-/m1/s1. The minimum Gasteiger partial charge on any atom is -0.474 e. The number of nitrogens with one attached hydrogen (secondary N) is 2. The van der Waals surface area contributed by atoms with Crippen LogP contribution in [0.25, 0.3) is 0 Å². The summed E-state index contributed by atoms with van der Waals surface area (Å²) < 4.78 is 5.52. The van der Waals surface area contributed by atoms with Crippen LogP contribution in [0.2, 0.25) is 0 Å². The van der Waals surface area contributed by atoms with Gasteiger partial charge in [0.05, 0.1) is 49.4 Å². The summed E-state index contributed by atoms with van der Waals surface area (Å²) in [5.41, 5.74) is 0.574. The number of carbonyl (C=O) groups is 2. The van der Waals surface area contributed by atoms with E-state index in [-0.39, 0.29) is 17.3 Å². The van der Waals surface area contributed by atoms with Crippen molar-refractivity contribution in [2.75, 3.05) is 38.5 Å². The highest BCUT2D eigenvalue weighted by Gasteiger charge is 2.26. The van der Waals surface area contributed by atoms with E-state index >= 15 is 0 Å². The van der Waals surface area contributed by atoms with Crippen LogP contribution in [-0.4, -0.2) is 61.0 Å². The van der Waals surface area contributed by atoms with Crippen molar-refractivity contribution in [1.29, 1.82) is 0 Å². The molecule has 0 spiro atoms. The lowest BCUT2D eigenvalue weighted by Crippen LogP contribution is -3.12. The second-order valence-electron chi connectivity index (χ2n) is 7.27. The number of nitro groups is 1. The summed E-state index contributed by atoms with van der Waals surface area (Å²) in [6.07, 6.45) is -0.999. The quantitative estimate of drug-likeness (QED) is 0.542. The van der Waals surface area contributed by atoms with Gasteiger partial charge in [0.1, 0.15) is 0 Å². The number of amides is 2. The monoisotopic (exact) mass is 413 g/mol. The second kappa shape index (κ2) is 9.36. The summed E-state index contributed by atoms with van der Waals surface area (Å²) in [4.78, 5) is 39.3. The largest absolute Gasteiger partial charge is 0.474 e. The Kier molecular flexibility index (Phi) is 6.63. The molecule has 1 aliphatic heterocycles. The highest BCUT2D eigenvalue weighted by atomic mass is 16.6. The van der Waals surface area contributed by atoms with Gasteiger partial charge in [-0.25, -0.2) is 0 Å². The predicted molar refractivity (Wildman–Crippen MR) is 111 cm³/mol. The molecule has 1 fully saturated rings. The molecule has 2 amide bonds. The summed E-state index contributed by atoms with van der Waals surface area (Å²) in [6.45, 7) is 4.57. The maximum atomic E-state index is 12.9. The van der Waals surface area contributed by atoms with Crippen molar-refractivity contribution in [3.63, 3.8) is 0 Å². The van der Waals surface area contributed by atoms with Gasteiger partial charge in [0.15, 0.2) is 11.9 Å². The van der Waals surface area contributed by atoms with E-state index in [1.54, 1.807) is 35.2 Å². The zero-order valence-corrected chi connectivity index (χ0v) is 17.0. The van der Waals surface area contributed by atoms with Gasteiger partial charge < -0.3 is 19.9 Å². The lowest BCUT2D eigenvalue weighted by molar-refractivity contribution is -0.883. The van der Waals surface area contributed by atoms with Gasteiger partial charge in [0, 0.05) is 6.07 Å². The molecule has 1 aliphatic rings. The van der Waals surface area contributed by atoms with Crippen molar-refractivity contribution in [2.45, 2.75) is 13.0 Å². The first kappa shape index (κ1) is 21.3. The molecule has 1 saturated heterocycles.